The fourth-order valence-corrected chi connectivity index (χ4v) is 2.71. The summed E-state index contributed by atoms with van der Waals surface area (Å²) in [6, 6.07) is 6.61. The van der Waals surface area contributed by atoms with Crippen LogP contribution in [0.1, 0.15) is 48.0 Å². The Morgan fingerprint density at radius 3 is 2.82 bits per heavy atom. The van der Waals surface area contributed by atoms with Crippen LogP contribution in [0.25, 0.3) is 0 Å². The quantitative estimate of drug-likeness (QED) is 0.758. The second-order valence-electron chi connectivity index (χ2n) is 5.62. The zero-order chi connectivity index (χ0) is 15.8. The van der Waals surface area contributed by atoms with Gasteiger partial charge < -0.3 is 15.2 Å². The molecule has 1 aromatic rings. The van der Waals surface area contributed by atoms with Crippen molar-refractivity contribution in [2.24, 2.45) is 0 Å². The second-order valence-corrected chi connectivity index (χ2v) is 5.62. The molecular formula is C17H23NO4. The molecule has 22 heavy (non-hydrogen) atoms. The average molecular weight is 305 g/mol. The first kappa shape index (κ1) is 16.5. The minimum atomic E-state index is -1.00. The van der Waals surface area contributed by atoms with Gasteiger partial charge in [-0.1, -0.05) is 18.2 Å². The van der Waals surface area contributed by atoms with E-state index in [1.807, 2.05) is 0 Å². The zero-order valence-electron chi connectivity index (χ0n) is 12.7. The first-order valence-corrected chi connectivity index (χ1v) is 7.86. The fourth-order valence-electron chi connectivity index (χ4n) is 2.71. The molecule has 0 radical (unpaired) electrons. The topological polar surface area (TPSA) is 75.6 Å². The molecule has 0 saturated carbocycles. The van der Waals surface area contributed by atoms with E-state index in [2.05, 4.69) is 5.32 Å². The number of hydrogen-bond donors (Lipinski definition) is 2. The van der Waals surface area contributed by atoms with Gasteiger partial charge in [-0.3, -0.25) is 4.79 Å². The van der Waals surface area contributed by atoms with Crippen LogP contribution in [0.3, 0.4) is 0 Å². The summed E-state index contributed by atoms with van der Waals surface area (Å²) in [5.41, 5.74) is 0.733. The molecule has 1 fully saturated rings. The van der Waals surface area contributed by atoms with Crippen LogP contribution in [0.2, 0.25) is 0 Å². The van der Waals surface area contributed by atoms with Gasteiger partial charge in [0.2, 0.25) is 5.91 Å². The summed E-state index contributed by atoms with van der Waals surface area (Å²) < 4.78 is 5.64. The summed E-state index contributed by atoms with van der Waals surface area (Å²) >= 11 is 0. The monoisotopic (exact) mass is 305 g/mol. The molecule has 1 aromatic carbocycles. The lowest BCUT2D eigenvalue weighted by molar-refractivity contribution is -0.120. The van der Waals surface area contributed by atoms with Crippen molar-refractivity contribution in [3.8, 4) is 0 Å². The first-order chi connectivity index (χ1) is 10.7. The van der Waals surface area contributed by atoms with Crippen LogP contribution < -0.4 is 5.32 Å². The Hall–Kier alpha value is -1.88. The van der Waals surface area contributed by atoms with E-state index in [1.165, 1.54) is 12.5 Å². The molecule has 120 valence electrons. The van der Waals surface area contributed by atoms with Crippen LogP contribution in [0, 0.1) is 0 Å². The maximum absolute atomic E-state index is 11.9. The van der Waals surface area contributed by atoms with Crippen molar-refractivity contribution >= 4 is 11.9 Å². The van der Waals surface area contributed by atoms with Crippen LogP contribution in [0.5, 0.6) is 0 Å². The molecule has 0 aliphatic carbocycles. The number of ether oxygens (including phenoxy) is 1. The minimum absolute atomic E-state index is 0.0996. The van der Waals surface area contributed by atoms with E-state index in [9.17, 15) is 9.59 Å². The molecule has 1 saturated heterocycles. The Kier molecular flexibility index (Phi) is 6.40. The highest BCUT2D eigenvalue weighted by Crippen LogP contribution is 2.16. The van der Waals surface area contributed by atoms with E-state index in [0.717, 1.165) is 32.3 Å². The Morgan fingerprint density at radius 2 is 2.09 bits per heavy atom. The molecule has 2 N–H and O–H groups in total. The molecule has 5 heteroatoms. The van der Waals surface area contributed by atoms with Crippen LogP contribution >= 0.6 is 0 Å². The third-order valence-electron chi connectivity index (χ3n) is 3.90. The second kappa shape index (κ2) is 8.54. The van der Waals surface area contributed by atoms with Gasteiger partial charge >= 0.3 is 5.97 Å². The smallest absolute Gasteiger partial charge is 0.335 e. The Morgan fingerprint density at radius 1 is 1.27 bits per heavy atom. The van der Waals surface area contributed by atoms with Crippen molar-refractivity contribution in [2.75, 3.05) is 13.2 Å². The van der Waals surface area contributed by atoms with Gasteiger partial charge in [-0.25, -0.2) is 4.79 Å². The standard InChI is InChI=1S/C17H23NO4/c19-16(12-13-6-1-2-9-15(13)17(20)21)18-10-5-8-14-7-3-4-11-22-14/h1-2,6,9,14H,3-5,7-8,10-12H2,(H,18,19)(H,20,21). The number of rotatable bonds is 7. The molecule has 1 aliphatic heterocycles. The Balaban J connectivity index is 1.70. The highest BCUT2D eigenvalue weighted by atomic mass is 16.5. The molecule has 5 nitrogen and oxygen atoms in total. The van der Waals surface area contributed by atoms with Crippen molar-refractivity contribution < 1.29 is 19.4 Å². The number of hydrogen-bond acceptors (Lipinski definition) is 3. The Bertz CT molecular complexity index is 509. The van der Waals surface area contributed by atoms with Gasteiger partial charge in [0, 0.05) is 13.2 Å². The molecule has 1 unspecified atom stereocenters. The van der Waals surface area contributed by atoms with Crippen LogP contribution in [0.15, 0.2) is 24.3 Å². The number of carbonyl (C=O) groups excluding carboxylic acids is 1. The van der Waals surface area contributed by atoms with Crippen molar-refractivity contribution in [2.45, 2.75) is 44.6 Å². The molecule has 0 spiro atoms. The third-order valence-corrected chi connectivity index (χ3v) is 3.90. The summed E-state index contributed by atoms with van der Waals surface area (Å²) in [4.78, 5) is 23.0. The van der Waals surface area contributed by atoms with Crippen molar-refractivity contribution in [3.05, 3.63) is 35.4 Å². The van der Waals surface area contributed by atoms with Gasteiger partial charge in [0.15, 0.2) is 0 Å². The highest BCUT2D eigenvalue weighted by Gasteiger charge is 2.14. The summed E-state index contributed by atoms with van der Waals surface area (Å²) in [6.07, 6.45) is 5.77. The average Bonchev–Trinajstić information content (AvgIpc) is 2.53. The lowest BCUT2D eigenvalue weighted by Gasteiger charge is -2.22. The predicted molar refractivity (Wildman–Crippen MR) is 82.9 cm³/mol. The molecular weight excluding hydrogens is 282 g/mol. The third kappa shape index (κ3) is 5.15. The van der Waals surface area contributed by atoms with Crippen LogP contribution in [0.4, 0.5) is 0 Å². The lowest BCUT2D eigenvalue weighted by atomic mass is 10.0. The van der Waals surface area contributed by atoms with Crippen LogP contribution in [-0.4, -0.2) is 36.2 Å². The van der Waals surface area contributed by atoms with Crippen molar-refractivity contribution in [1.82, 2.24) is 5.32 Å². The zero-order valence-corrected chi connectivity index (χ0v) is 12.7. The highest BCUT2D eigenvalue weighted by molar-refractivity contribution is 5.91. The number of carboxylic acid groups (broad SMARTS) is 1. The van der Waals surface area contributed by atoms with E-state index < -0.39 is 5.97 Å². The van der Waals surface area contributed by atoms with E-state index in [-0.39, 0.29) is 17.9 Å². The van der Waals surface area contributed by atoms with Crippen molar-refractivity contribution in [1.29, 1.82) is 0 Å². The van der Waals surface area contributed by atoms with Gasteiger partial charge in [0.05, 0.1) is 18.1 Å². The Labute approximate surface area is 130 Å². The van der Waals surface area contributed by atoms with Crippen LogP contribution in [-0.2, 0) is 16.0 Å². The van der Waals surface area contributed by atoms with E-state index >= 15 is 0 Å². The van der Waals surface area contributed by atoms with Gasteiger partial charge in [0.1, 0.15) is 0 Å². The molecule has 1 heterocycles. The van der Waals surface area contributed by atoms with Gasteiger partial charge in [-0.05, 0) is 43.7 Å². The van der Waals surface area contributed by atoms with Crippen molar-refractivity contribution in [3.63, 3.8) is 0 Å². The summed E-state index contributed by atoms with van der Waals surface area (Å²) in [7, 11) is 0. The number of benzene rings is 1. The SMILES string of the molecule is O=C(Cc1ccccc1C(=O)O)NCCCC1CCCCO1. The maximum atomic E-state index is 11.9. The minimum Gasteiger partial charge on any atom is -0.478 e. The molecule has 1 amide bonds. The number of nitrogens with one attached hydrogen (secondary N) is 1. The fraction of sp³-hybridized carbons (Fsp3) is 0.529. The largest absolute Gasteiger partial charge is 0.478 e. The summed E-state index contributed by atoms with van der Waals surface area (Å²) in [5.74, 6) is -1.14. The first-order valence-electron chi connectivity index (χ1n) is 7.86. The molecule has 0 aromatic heterocycles. The van der Waals surface area contributed by atoms with Gasteiger partial charge in [0.25, 0.3) is 0 Å². The molecule has 1 atom stereocenters. The normalized spacial score (nSPS) is 17.9. The van der Waals surface area contributed by atoms with Gasteiger partial charge in [-0.15, -0.1) is 0 Å². The van der Waals surface area contributed by atoms with E-state index in [1.54, 1.807) is 18.2 Å². The number of amides is 1. The maximum Gasteiger partial charge on any atom is 0.335 e. The number of carboxylic acids is 1. The molecule has 1 aliphatic rings. The van der Waals surface area contributed by atoms with Gasteiger partial charge in [-0.2, -0.15) is 0 Å². The number of aromatic carboxylic acids is 1. The summed E-state index contributed by atoms with van der Waals surface area (Å²) in [5, 5.41) is 11.9. The van der Waals surface area contributed by atoms with E-state index in [0.29, 0.717) is 18.2 Å². The molecule has 0 bridgehead atoms. The summed E-state index contributed by atoms with van der Waals surface area (Å²) in [6.45, 7) is 1.46. The molecule has 2 rings (SSSR count). The van der Waals surface area contributed by atoms with E-state index in [4.69, 9.17) is 9.84 Å². The lowest BCUT2D eigenvalue weighted by Crippen LogP contribution is -2.28. The predicted octanol–water partition coefficient (Wildman–Crippen LogP) is 2.39. The number of carbonyl (C=O) groups is 2.